The average molecular weight is 219 g/mol. The summed E-state index contributed by atoms with van der Waals surface area (Å²) >= 11 is 0. The molecule has 0 aliphatic rings. The van der Waals surface area contributed by atoms with E-state index in [4.69, 9.17) is 0 Å². The first-order chi connectivity index (χ1) is 7.67. The lowest BCUT2D eigenvalue weighted by atomic mass is 10.1. The Hall–Kier alpha value is -1.12. The average Bonchev–Trinajstić information content (AvgIpc) is 2.29. The largest absolute Gasteiger partial charge is 0.387 e. The Morgan fingerprint density at radius 3 is 2.50 bits per heavy atom. The zero-order chi connectivity index (χ0) is 12.0. The number of nitrogens with zero attached hydrogens (tertiary/aromatic N) is 1. The fraction of sp³-hybridized carbons (Fsp3) is 0.429. The van der Waals surface area contributed by atoms with Crippen molar-refractivity contribution in [1.29, 1.82) is 0 Å². The lowest BCUT2D eigenvalue weighted by molar-refractivity contribution is 0.122. The van der Waals surface area contributed by atoms with E-state index in [1.807, 2.05) is 37.3 Å². The van der Waals surface area contributed by atoms with Crippen LogP contribution in [0.1, 0.15) is 24.2 Å². The van der Waals surface area contributed by atoms with Crippen LogP contribution in [0.5, 0.6) is 0 Å². The maximum atomic E-state index is 10.1. The first kappa shape index (κ1) is 12.9. The number of benzene rings is 1. The van der Waals surface area contributed by atoms with Crippen molar-refractivity contribution in [2.24, 2.45) is 0 Å². The number of rotatable bonds is 6. The van der Waals surface area contributed by atoms with Gasteiger partial charge in [-0.1, -0.05) is 42.8 Å². The third-order valence-corrected chi connectivity index (χ3v) is 2.73. The number of aryl methyl sites for hydroxylation is 1. The highest BCUT2D eigenvalue weighted by Gasteiger charge is 2.10. The van der Waals surface area contributed by atoms with Crippen LogP contribution in [0.3, 0.4) is 0 Å². The molecule has 0 amide bonds. The quantitative estimate of drug-likeness (QED) is 0.743. The molecule has 2 heteroatoms. The van der Waals surface area contributed by atoms with Gasteiger partial charge in [0.15, 0.2) is 0 Å². The third-order valence-electron chi connectivity index (χ3n) is 2.73. The Balaban J connectivity index is 2.59. The molecule has 0 spiro atoms. The minimum atomic E-state index is -0.416. The molecule has 0 aliphatic carbocycles. The maximum Gasteiger partial charge on any atom is 0.0917 e. The monoisotopic (exact) mass is 219 g/mol. The van der Waals surface area contributed by atoms with Crippen LogP contribution in [0.25, 0.3) is 0 Å². The van der Waals surface area contributed by atoms with Crippen LogP contribution in [-0.2, 0) is 0 Å². The van der Waals surface area contributed by atoms with Crippen molar-refractivity contribution in [2.45, 2.75) is 20.0 Å². The van der Waals surface area contributed by atoms with Crippen molar-refractivity contribution in [3.05, 3.63) is 48.0 Å². The molecule has 0 radical (unpaired) electrons. The van der Waals surface area contributed by atoms with Crippen LogP contribution < -0.4 is 0 Å². The molecule has 1 aromatic rings. The van der Waals surface area contributed by atoms with Crippen molar-refractivity contribution >= 4 is 0 Å². The van der Waals surface area contributed by atoms with Gasteiger partial charge in [0.25, 0.3) is 0 Å². The smallest absolute Gasteiger partial charge is 0.0917 e. The molecule has 0 saturated heterocycles. The van der Waals surface area contributed by atoms with Crippen molar-refractivity contribution in [3.63, 3.8) is 0 Å². The van der Waals surface area contributed by atoms with Crippen LogP contribution in [0, 0.1) is 6.92 Å². The molecule has 1 aromatic carbocycles. The topological polar surface area (TPSA) is 23.5 Å². The molecule has 0 aromatic heterocycles. The molecule has 1 N–H and O–H groups in total. The van der Waals surface area contributed by atoms with Gasteiger partial charge in [-0.15, -0.1) is 6.58 Å². The normalized spacial score (nSPS) is 12.8. The molecular weight excluding hydrogens is 198 g/mol. The number of hydrogen-bond donors (Lipinski definition) is 1. The minimum Gasteiger partial charge on any atom is -0.387 e. The molecule has 88 valence electrons. The van der Waals surface area contributed by atoms with E-state index < -0.39 is 6.10 Å². The minimum absolute atomic E-state index is 0.416. The first-order valence-corrected chi connectivity index (χ1v) is 5.75. The Kier molecular flexibility index (Phi) is 5.23. The highest BCUT2D eigenvalue weighted by Crippen LogP contribution is 2.14. The van der Waals surface area contributed by atoms with Gasteiger partial charge in [-0.05, 0) is 19.0 Å². The molecular formula is C14H21NO. The van der Waals surface area contributed by atoms with Gasteiger partial charge in [-0.2, -0.15) is 0 Å². The van der Waals surface area contributed by atoms with E-state index in [2.05, 4.69) is 18.4 Å². The summed E-state index contributed by atoms with van der Waals surface area (Å²) in [7, 11) is 0. The van der Waals surface area contributed by atoms with E-state index in [-0.39, 0.29) is 0 Å². The predicted molar refractivity (Wildman–Crippen MR) is 68.4 cm³/mol. The number of aliphatic hydroxyl groups is 1. The second kappa shape index (κ2) is 6.46. The summed E-state index contributed by atoms with van der Waals surface area (Å²) < 4.78 is 0. The summed E-state index contributed by atoms with van der Waals surface area (Å²) in [5.74, 6) is 0. The van der Waals surface area contributed by atoms with Crippen LogP contribution in [-0.4, -0.2) is 29.6 Å². The summed E-state index contributed by atoms with van der Waals surface area (Å²) in [6.07, 6.45) is 1.45. The van der Waals surface area contributed by atoms with Crippen LogP contribution in [0.15, 0.2) is 36.9 Å². The van der Waals surface area contributed by atoms with E-state index >= 15 is 0 Å². The molecule has 0 bridgehead atoms. The molecule has 0 heterocycles. The SMILES string of the molecule is C=CCN(CC)CC(O)c1ccc(C)cc1. The highest BCUT2D eigenvalue weighted by molar-refractivity contribution is 5.23. The molecule has 2 nitrogen and oxygen atoms in total. The summed E-state index contributed by atoms with van der Waals surface area (Å²) in [6, 6.07) is 8.04. The van der Waals surface area contributed by atoms with E-state index in [1.54, 1.807) is 0 Å². The standard InChI is InChI=1S/C14H21NO/c1-4-10-15(5-2)11-14(16)13-8-6-12(3)7-9-13/h4,6-9,14,16H,1,5,10-11H2,2-3H3. The fourth-order valence-corrected chi connectivity index (χ4v) is 1.65. The van der Waals surface area contributed by atoms with Gasteiger partial charge in [-0.3, -0.25) is 4.90 Å². The second-order valence-electron chi connectivity index (χ2n) is 4.07. The van der Waals surface area contributed by atoms with Gasteiger partial charge in [0.1, 0.15) is 0 Å². The van der Waals surface area contributed by atoms with E-state index in [0.717, 1.165) is 18.7 Å². The second-order valence-corrected chi connectivity index (χ2v) is 4.07. The van der Waals surface area contributed by atoms with Crippen LogP contribution in [0.2, 0.25) is 0 Å². The zero-order valence-corrected chi connectivity index (χ0v) is 10.2. The van der Waals surface area contributed by atoms with E-state index in [1.165, 1.54) is 5.56 Å². The lowest BCUT2D eigenvalue weighted by Gasteiger charge is -2.22. The molecule has 16 heavy (non-hydrogen) atoms. The maximum absolute atomic E-state index is 10.1. The third kappa shape index (κ3) is 3.80. The van der Waals surface area contributed by atoms with Gasteiger partial charge >= 0.3 is 0 Å². The Morgan fingerprint density at radius 2 is 2.00 bits per heavy atom. The molecule has 1 rings (SSSR count). The lowest BCUT2D eigenvalue weighted by Crippen LogP contribution is -2.28. The zero-order valence-electron chi connectivity index (χ0n) is 10.2. The van der Waals surface area contributed by atoms with Gasteiger partial charge in [-0.25, -0.2) is 0 Å². The highest BCUT2D eigenvalue weighted by atomic mass is 16.3. The van der Waals surface area contributed by atoms with Gasteiger partial charge in [0.2, 0.25) is 0 Å². The van der Waals surface area contributed by atoms with E-state index in [9.17, 15) is 5.11 Å². The fourth-order valence-electron chi connectivity index (χ4n) is 1.65. The molecule has 1 atom stereocenters. The molecule has 0 fully saturated rings. The number of hydrogen-bond acceptors (Lipinski definition) is 2. The van der Waals surface area contributed by atoms with Crippen molar-refractivity contribution < 1.29 is 5.11 Å². The summed E-state index contributed by atoms with van der Waals surface area (Å²) in [4.78, 5) is 2.16. The Morgan fingerprint density at radius 1 is 1.38 bits per heavy atom. The Bertz CT molecular complexity index is 318. The van der Waals surface area contributed by atoms with Gasteiger partial charge < -0.3 is 5.11 Å². The number of likely N-dealkylation sites (N-methyl/N-ethyl adjacent to an activating group) is 1. The van der Waals surface area contributed by atoms with Crippen LogP contribution >= 0.6 is 0 Å². The summed E-state index contributed by atoms with van der Waals surface area (Å²) in [5, 5.41) is 10.1. The van der Waals surface area contributed by atoms with Crippen molar-refractivity contribution in [2.75, 3.05) is 19.6 Å². The van der Waals surface area contributed by atoms with Crippen molar-refractivity contribution in [3.8, 4) is 0 Å². The number of aliphatic hydroxyl groups excluding tert-OH is 1. The van der Waals surface area contributed by atoms with Crippen molar-refractivity contribution in [1.82, 2.24) is 4.90 Å². The van der Waals surface area contributed by atoms with Gasteiger partial charge in [0.05, 0.1) is 6.10 Å². The molecule has 1 unspecified atom stereocenters. The summed E-state index contributed by atoms with van der Waals surface area (Å²) in [6.45, 7) is 10.3. The summed E-state index contributed by atoms with van der Waals surface area (Å²) in [5.41, 5.74) is 2.20. The molecule has 0 saturated carbocycles. The predicted octanol–water partition coefficient (Wildman–Crippen LogP) is 2.54. The Labute approximate surface area is 98.2 Å². The first-order valence-electron chi connectivity index (χ1n) is 5.75. The van der Waals surface area contributed by atoms with Crippen LogP contribution in [0.4, 0.5) is 0 Å². The molecule has 0 aliphatic heterocycles. The van der Waals surface area contributed by atoms with Gasteiger partial charge in [0, 0.05) is 13.1 Å². The van der Waals surface area contributed by atoms with E-state index in [0.29, 0.717) is 6.54 Å².